The van der Waals surface area contributed by atoms with Crippen molar-refractivity contribution in [3.05, 3.63) is 24.5 Å². The van der Waals surface area contributed by atoms with Crippen LogP contribution in [0.4, 0.5) is 5.69 Å². The molecule has 3 heteroatoms. The molecule has 1 N–H and O–H groups in total. The lowest BCUT2D eigenvalue weighted by molar-refractivity contribution is 0.172. The molecule has 1 fully saturated rings. The van der Waals surface area contributed by atoms with Crippen molar-refractivity contribution in [3.63, 3.8) is 0 Å². The van der Waals surface area contributed by atoms with Gasteiger partial charge in [-0.15, -0.1) is 0 Å². The first-order valence-corrected chi connectivity index (χ1v) is 6.04. The average Bonchev–Trinajstić information content (AvgIpc) is 2.78. The lowest BCUT2D eigenvalue weighted by atomic mass is 9.96. The maximum absolute atomic E-state index is 4.03. The Kier molecular flexibility index (Phi) is 3.44. The summed E-state index contributed by atoms with van der Waals surface area (Å²) < 4.78 is 0. The van der Waals surface area contributed by atoms with E-state index in [4.69, 9.17) is 0 Å². The molecule has 1 aromatic rings. The number of anilines is 1. The quantitative estimate of drug-likeness (QED) is 0.842. The molecule has 2 rings (SSSR count). The molecule has 1 aliphatic rings. The Bertz CT molecular complexity index is 315. The van der Waals surface area contributed by atoms with Gasteiger partial charge in [0.15, 0.2) is 0 Å². The van der Waals surface area contributed by atoms with Crippen molar-refractivity contribution in [1.29, 1.82) is 0 Å². The highest BCUT2D eigenvalue weighted by molar-refractivity contribution is 5.41. The molecule has 3 nitrogen and oxygen atoms in total. The Hall–Kier alpha value is -1.09. The molecule has 88 valence electrons. The van der Waals surface area contributed by atoms with Crippen molar-refractivity contribution in [1.82, 2.24) is 9.88 Å². The third kappa shape index (κ3) is 2.35. The van der Waals surface area contributed by atoms with Crippen molar-refractivity contribution in [2.45, 2.75) is 31.2 Å². The van der Waals surface area contributed by atoms with Crippen LogP contribution in [0.1, 0.15) is 25.7 Å². The van der Waals surface area contributed by atoms with E-state index in [9.17, 15) is 0 Å². The molecule has 1 heterocycles. The fourth-order valence-corrected chi connectivity index (χ4v) is 2.55. The Morgan fingerprint density at radius 2 is 1.88 bits per heavy atom. The van der Waals surface area contributed by atoms with Gasteiger partial charge in [0.05, 0.1) is 0 Å². The summed E-state index contributed by atoms with van der Waals surface area (Å²) in [4.78, 5) is 6.41. The maximum atomic E-state index is 4.03. The molecule has 0 amide bonds. The maximum Gasteiger partial charge on any atom is 0.0375 e. The SMILES string of the molecule is CN(C)C1(CNc2ccncc2)CCCC1. The number of nitrogens with zero attached hydrogens (tertiary/aromatic N) is 2. The van der Waals surface area contributed by atoms with Crippen molar-refractivity contribution >= 4 is 5.69 Å². The van der Waals surface area contributed by atoms with Crippen LogP contribution in [0, 0.1) is 0 Å². The van der Waals surface area contributed by atoms with E-state index in [1.807, 2.05) is 24.5 Å². The first-order valence-electron chi connectivity index (χ1n) is 6.04. The van der Waals surface area contributed by atoms with E-state index in [1.54, 1.807) is 0 Å². The van der Waals surface area contributed by atoms with E-state index in [0.29, 0.717) is 5.54 Å². The van der Waals surface area contributed by atoms with Gasteiger partial charge in [0.25, 0.3) is 0 Å². The number of likely N-dealkylation sites (N-methyl/N-ethyl adjacent to an activating group) is 1. The highest BCUT2D eigenvalue weighted by atomic mass is 15.2. The van der Waals surface area contributed by atoms with Crippen LogP contribution in [0.2, 0.25) is 0 Å². The largest absolute Gasteiger partial charge is 0.383 e. The van der Waals surface area contributed by atoms with Crippen molar-refractivity contribution < 1.29 is 0 Å². The van der Waals surface area contributed by atoms with E-state index >= 15 is 0 Å². The highest BCUT2D eigenvalue weighted by Gasteiger charge is 2.35. The second-order valence-electron chi connectivity index (χ2n) is 4.92. The third-order valence-electron chi connectivity index (χ3n) is 3.78. The molecule has 1 saturated carbocycles. The minimum Gasteiger partial charge on any atom is -0.383 e. The summed E-state index contributed by atoms with van der Waals surface area (Å²) in [5.74, 6) is 0. The van der Waals surface area contributed by atoms with Gasteiger partial charge in [-0.2, -0.15) is 0 Å². The van der Waals surface area contributed by atoms with Gasteiger partial charge >= 0.3 is 0 Å². The molecule has 0 bridgehead atoms. The molecule has 0 atom stereocenters. The lowest BCUT2D eigenvalue weighted by Crippen LogP contribution is -2.47. The van der Waals surface area contributed by atoms with Crippen LogP contribution in [-0.2, 0) is 0 Å². The summed E-state index contributed by atoms with van der Waals surface area (Å²) in [6.45, 7) is 1.03. The van der Waals surface area contributed by atoms with E-state index < -0.39 is 0 Å². The van der Waals surface area contributed by atoms with Crippen LogP contribution in [-0.4, -0.2) is 36.1 Å². The predicted molar refractivity (Wildman–Crippen MR) is 67.6 cm³/mol. The Labute approximate surface area is 97.9 Å². The zero-order valence-electron chi connectivity index (χ0n) is 10.2. The van der Waals surface area contributed by atoms with Crippen molar-refractivity contribution in [2.24, 2.45) is 0 Å². The van der Waals surface area contributed by atoms with Gasteiger partial charge in [-0.25, -0.2) is 0 Å². The first kappa shape index (κ1) is 11.4. The van der Waals surface area contributed by atoms with Gasteiger partial charge in [-0.05, 0) is 39.1 Å². The van der Waals surface area contributed by atoms with Gasteiger partial charge in [0, 0.05) is 30.2 Å². The Morgan fingerprint density at radius 3 is 2.44 bits per heavy atom. The van der Waals surface area contributed by atoms with Crippen LogP contribution in [0.3, 0.4) is 0 Å². The summed E-state index contributed by atoms with van der Waals surface area (Å²) in [7, 11) is 4.39. The topological polar surface area (TPSA) is 28.2 Å². The number of nitrogens with one attached hydrogen (secondary N) is 1. The molecule has 16 heavy (non-hydrogen) atoms. The van der Waals surface area contributed by atoms with Crippen LogP contribution >= 0.6 is 0 Å². The lowest BCUT2D eigenvalue weighted by Gasteiger charge is -2.36. The van der Waals surface area contributed by atoms with Gasteiger partial charge in [0.2, 0.25) is 0 Å². The molecule has 0 unspecified atom stereocenters. The van der Waals surface area contributed by atoms with Crippen molar-refractivity contribution in [3.8, 4) is 0 Å². The monoisotopic (exact) mass is 219 g/mol. The van der Waals surface area contributed by atoms with Gasteiger partial charge in [-0.1, -0.05) is 12.8 Å². The average molecular weight is 219 g/mol. The second-order valence-corrected chi connectivity index (χ2v) is 4.92. The van der Waals surface area contributed by atoms with Gasteiger partial charge in [-0.3, -0.25) is 4.98 Å². The third-order valence-corrected chi connectivity index (χ3v) is 3.78. The molecular formula is C13H21N3. The van der Waals surface area contributed by atoms with Crippen LogP contribution < -0.4 is 5.32 Å². The van der Waals surface area contributed by atoms with E-state index in [-0.39, 0.29) is 0 Å². The molecule has 0 saturated heterocycles. The van der Waals surface area contributed by atoms with E-state index in [1.165, 1.54) is 31.4 Å². The smallest absolute Gasteiger partial charge is 0.0375 e. The normalized spacial score (nSPS) is 18.9. The summed E-state index contributed by atoms with van der Waals surface area (Å²) >= 11 is 0. The summed E-state index contributed by atoms with van der Waals surface area (Å²) in [5, 5.41) is 3.53. The van der Waals surface area contributed by atoms with Gasteiger partial charge < -0.3 is 10.2 Å². The van der Waals surface area contributed by atoms with Crippen LogP contribution in [0.5, 0.6) is 0 Å². The standard InChI is InChI=1S/C13H21N3/c1-16(2)13(7-3-4-8-13)11-15-12-5-9-14-10-6-12/h5-6,9-10H,3-4,7-8,11H2,1-2H3,(H,14,15). The summed E-state index contributed by atoms with van der Waals surface area (Å²) in [6, 6.07) is 4.05. The van der Waals surface area contributed by atoms with Gasteiger partial charge in [0.1, 0.15) is 0 Å². The highest BCUT2D eigenvalue weighted by Crippen LogP contribution is 2.33. The first-order chi connectivity index (χ1) is 7.73. The van der Waals surface area contributed by atoms with Crippen LogP contribution in [0.15, 0.2) is 24.5 Å². The number of aromatic nitrogens is 1. The molecule has 0 radical (unpaired) electrons. The molecule has 0 aliphatic heterocycles. The number of rotatable bonds is 4. The van der Waals surface area contributed by atoms with E-state index in [0.717, 1.165) is 6.54 Å². The van der Waals surface area contributed by atoms with E-state index in [2.05, 4.69) is 29.3 Å². The molecular weight excluding hydrogens is 198 g/mol. The molecule has 0 spiro atoms. The fraction of sp³-hybridized carbons (Fsp3) is 0.615. The van der Waals surface area contributed by atoms with Crippen LogP contribution in [0.25, 0.3) is 0 Å². The second kappa shape index (κ2) is 4.83. The predicted octanol–water partition coefficient (Wildman–Crippen LogP) is 2.37. The summed E-state index contributed by atoms with van der Waals surface area (Å²) in [5.41, 5.74) is 1.52. The van der Waals surface area contributed by atoms with Crippen molar-refractivity contribution in [2.75, 3.05) is 26.0 Å². The minimum atomic E-state index is 0.350. The fourth-order valence-electron chi connectivity index (χ4n) is 2.55. The Balaban J connectivity index is 1.97. The molecule has 1 aromatic heterocycles. The zero-order valence-corrected chi connectivity index (χ0v) is 10.2. The minimum absolute atomic E-state index is 0.350. The Morgan fingerprint density at radius 1 is 1.25 bits per heavy atom. The number of hydrogen-bond donors (Lipinski definition) is 1. The molecule has 0 aromatic carbocycles. The molecule has 1 aliphatic carbocycles. The zero-order chi connectivity index (χ0) is 11.4. The summed E-state index contributed by atoms with van der Waals surface area (Å²) in [6.07, 6.45) is 8.99. The number of pyridine rings is 1. The number of hydrogen-bond acceptors (Lipinski definition) is 3.